The third-order valence-corrected chi connectivity index (χ3v) is 2.29. The molecule has 0 saturated heterocycles. The van der Waals surface area contributed by atoms with Gasteiger partial charge in [0.2, 0.25) is 10.0 Å². The number of sulfonamides is 1. The summed E-state index contributed by atoms with van der Waals surface area (Å²) in [6.45, 7) is 1.57. The van der Waals surface area contributed by atoms with Crippen LogP contribution >= 0.6 is 0 Å². The maximum absolute atomic E-state index is 10.7. The number of hydrogen-bond donors (Lipinski definition) is 3. The molecule has 6 nitrogen and oxygen atoms in total. The number of nitrogens with one attached hydrogen (secondary N) is 2. The quantitative estimate of drug-likeness (QED) is 0.370. The fourth-order valence-corrected chi connectivity index (χ4v) is 0.869. The highest BCUT2D eigenvalue weighted by atomic mass is 32.2. The minimum atomic E-state index is -3.27. The fourth-order valence-electron chi connectivity index (χ4n) is 0.403. The lowest BCUT2D eigenvalue weighted by Crippen LogP contribution is -2.39. The summed E-state index contributed by atoms with van der Waals surface area (Å²) in [7, 11) is -3.27. The molecule has 0 amide bonds. The Morgan fingerprint density at radius 3 is 2.50 bits per heavy atom. The Kier molecular flexibility index (Phi) is 4.79. The first-order valence-corrected chi connectivity index (χ1v) is 5.07. The summed E-state index contributed by atoms with van der Waals surface area (Å²) in [5.41, 5.74) is 2.29. The summed E-state index contributed by atoms with van der Waals surface area (Å²) >= 11 is 0. The molecule has 0 aliphatic rings. The van der Waals surface area contributed by atoms with Gasteiger partial charge in [-0.2, -0.15) is 4.83 Å². The molecular weight excluding hydrogens is 184 g/mol. The molecule has 0 aromatic carbocycles. The van der Waals surface area contributed by atoms with Gasteiger partial charge in [-0.3, -0.25) is 4.79 Å². The van der Waals surface area contributed by atoms with Crippen molar-refractivity contribution in [2.24, 2.45) is 0 Å². The van der Waals surface area contributed by atoms with E-state index in [9.17, 15) is 13.2 Å². The molecule has 0 radical (unpaired) electrons. The van der Waals surface area contributed by atoms with Crippen LogP contribution in [0.25, 0.3) is 0 Å². The molecule has 7 heteroatoms. The van der Waals surface area contributed by atoms with Crippen molar-refractivity contribution in [2.45, 2.75) is 13.3 Å². The molecule has 0 aromatic heterocycles. The van der Waals surface area contributed by atoms with Crippen LogP contribution in [0, 0.1) is 0 Å². The molecule has 0 saturated carbocycles. The first kappa shape index (κ1) is 11.3. The molecule has 0 bridgehead atoms. The van der Waals surface area contributed by atoms with Crippen molar-refractivity contribution < 1.29 is 18.3 Å². The van der Waals surface area contributed by atoms with Crippen LogP contribution in [0.5, 0.6) is 0 Å². The summed E-state index contributed by atoms with van der Waals surface area (Å²) in [6, 6.07) is 0. The van der Waals surface area contributed by atoms with Gasteiger partial charge in [-0.15, -0.1) is 0 Å². The van der Waals surface area contributed by atoms with Crippen molar-refractivity contribution in [3.8, 4) is 0 Å². The Bertz CT molecular complexity index is 236. The third-order valence-electron chi connectivity index (χ3n) is 1.07. The monoisotopic (exact) mass is 196 g/mol. The molecule has 0 aromatic rings. The van der Waals surface area contributed by atoms with Gasteiger partial charge in [-0.05, 0) is 6.92 Å². The van der Waals surface area contributed by atoms with Crippen LogP contribution in [0.3, 0.4) is 0 Å². The van der Waals surface area contributed by atoms with Crippen molar-refractivity contribution in [1.82, 2.24) is 10.3 Å². The average molecular weight is 196 g/mol. The van der Waals surface area contributed by atoms with E-state index in [2.05, 4.69) is 5.43 Å². The summed E-state index contributed by atoms with van der Waals surface area (Å²) in [5, 5.41) is 8.18. The number of rotatable bonds is 6. The van der Waals surface area contributed by atoms with E-state index in [1.54, 1.807) is 0 Å². The van der Waals surface area contributed by atoms with Crippen LogP contribution in [0.1, 0.15) is 13.3 Å². The lowest BCUT2D eigenvalue weighted by molar-refractivity contribution is -0.136. The zero-order chi connectivity index (χ0) is 9.61. The summed E-state index contributed by atoms with van der Waals surface area (Å²) in [4.78, 5) is 12.0. The molecule has 0 fully saturated rings. The van der Waals surface area contributed by atoms with Crippen LogP contribution in [-0.4, -0.2) is 31.8 Å². The Balaban J connectivity index is 3.51. The number of carbonyl (C=O) groups is 1. The van der Waals surface area contributed by atoms with Gasteiger partial charge in [-0.25, -0.2) is 13.8 Å². The van der Waals surface area contributed by atoms with Gasteiger partial charge in [0.1, 0.15) is 0 Å². The second kappa shape index (κ2) is 5.07. The minimum absolute atomic E-state index is 0.0347. The normalized spacial score (nSPS) is 11.4. The van der Waals surface area contributed by atoms with Crippen molar-refractivity contribution in [1.29, 1.82) is 0 Å². The van der Waals surface area contributed by atoms with Crippen LogP contribution in [0.2, 0.25) is 0 Å². The van der Waals surface area contributed by atoms with E-state index < -0.39 is 16.0 Å². The zero-order valence-electron chi connectivity index (χ0n) is 6.70. The minimum Gasteiger partial charge on any atom is -0.481 e. The topological polar surface area (TPSA) is 95.5 Å². The summed E-state index contributed by atoms with van der Waals surface area (Å²) in [5.74, 6) is -1.01. The maximum atomic E-state index is 10.7. The van der Waals surface area contributed by atoms with E-state index in [4.69, 9.17) is 5.11 Å². The lowest BCUT2D eigenvalue weighted by Gasteiger charge is -2.03. The highest BCUT2D eigenvalue weighted by Gasteiger charge is 2.04. The maximum Gasteiger partial charge on any atom is 0.304 e. The Hall–Kier alpha value is -0.660. The van der Waals surface area contributed by atoms with Crippen LogP contribution in [-0.2, 0) is 14.8 Å². The van der Waals surface area contributed by atoms with Gasteiger partial charge in [0.05, 0.1) is 12.2 Å². The predicted molar refractivity (Wildman–Crippen MR) is 42.9 cm³/mol. The average Bonchev–Trinajstić information content (AvgIpc) is 1.98. The molecule has 0 aliphatic heterocycles. The highest BCUT2D eigenvalue weighted by Crippen LogP contribution is 1.79. The number of carboxylic acids is 1. The van der Waals surface area contributed by atoms with E-state index in [1.807, 2.05) is 4.83 Å². The van der Waals surface area contributed by atoms with E-state index >= 15 is 0 Å². The number of hydrogen-bond acceptors (Lipinski definition) is 4. The SMILES string of the molecule is CCS(=O)(=O)NNCCC(=O)O. The molecule has 0 rings (SSSR count). The highest BCUT2D eigenvalue weighted by molar-refractivity contribution is 7.89. The number of hydrazine groups is 1. The first-order valence-electron chi connectivity index (χ1n) is 3.42. The molecule has 0 heterocycles. The van der Waals surface area contributed by atoms with Crippen molar-refractivity contribution in [3.05, 3.63) is 0 Å². The van der Waals surface area contributed by atoms with Gasteiger partial charge in [0.25, 0.3) is 0 Å². The van der Waals surface area contributed by atoms with Crippen molar-refractivity contribution >= 4 is 16.0 Å². The van der Waals surface area contributed by atoms with Crippen molar-refractivity contribution in [3.63, 3.8) is 0 Å². The Morgan fingerprint density at radius 1 is 1.50 bits per heavy atom. The number of carboxylic acid groups (broad SMARTS) is 1. The molecule has 3 N–H and O–H groups in total. The van der Waals surface area contributed by atoms with E-state index in [0.29, 0.717) is 0 Å². The van der Waals surface area contributed by atoms with Gasteiger partial charge in [-0.1, -0.05) is 0 Å². The molecule has 0 spiro atoms. The van der Waals surface area contributed by atoms with Gasteiger partial charge in [0, 0.05) is 6.54 Å². The van der Waals surface area contributed by atoms with Gasteiger partial charge < -0.3 is 5.11 Å². The van der Waals surface area contributed by atoms with Gasteiger partial charge >= 0.3 is 5.97 Å². The summed E-state index contributed by atoms with van der Waals surface area (Å²) in [6.07, 6.45) is -0.119. The molecule has 72 valence electrons. The molecular formula is C5H12N2O4S. The predicted octanol–water partition coefficient (Wildman–Crippen LogP) is -1.09. The standard InChI is InChI=1S/C5H12N2O4S/c1-2-12(10,11)7-6-4-3-5(8)9/h6-7H,2-4H2,1H3,(H,8,9). The van der Waals surface area contributed by atoms with Crippen LogP contribution in [0.4, 0.5) is 0 Å². The summed E-state index contributed by atoms with van der Waals surface area (Å²) < 4.78 is 21.4. The Morgan fingerprint density at radius 2 is 2.08 bits per heavy atom. The van der Waals surface area contributed by atoms with Crippen molar-refractivity contribution in [2.75, 3.05) is 12.3 Å². The van der Waals surface area contributed by atoms with E-state index in [1.165, 1.54) is 6.92 Å². The van der Waals surface area contributed by atoms with Crippen LogP contribution in [0.15, 0.2) is 0 Å². The second-order valence-electron chi connectivity index (χ2n) is 2.08. The fraction of sp³-hybridized carbons (Fsp3) is 0.800. The Labute approximate surface area is 71.0 Å². The molecule has 0 unspecified atom stereocenters. The first-order chi connectivity index (χ1) is 5.48. The molecule has 0 aliphatic carbocycles. The third kappa shape index (κ3) is 6.08. The largest absolute Gasteiger partial charge is 0.481 e. The van der Waals surface area contributed by atoms with E-state index in [-0.39, 0.29) is 18.7 Å². The second-order valence-corrected chi connectivity index (χ2v) is 4.09. The smallest absolute Gasteiger partial charge is 0.304 e. The number of aliphatic carboxylic acids is 1. The molecule has 0 atom stereocenters. The zero-order valence-corrected chi connectivity index (χ0v) is 7.52. The molecule has 12 heavy (non-hydrogen) atoms. The van der Waals surface area contributed by atoms with E-state index in [0.717, 1.165) is 0 Å². The van der Waals surface area contributed by atoms with Gasteiger partial charge in [0.15, 0.2) is 0 Å². The van der Waals surface area contributed by atoms with Crippen LogP contribution < -0.4 is 10.3 Å². The lowest BCUT2D eigenvalue weighted by atomic mass is 10.4.